The van der Waals surface area contributed by atoms with E-state index in [0.29, 0.717) is 12.0 Å². The van der Waals surface area contributed by atoms with Crippen molar-refractivity contribution in [3.63, 3.8) is 0 Å². The van der Waals surface area contributed by atoms with Gasteiger partial charge in [0, 0.05) is 37.0 Å². The molecule has 4 aliphatic rings. The number of esters is 1. The summed E-state index contributed by atoms with van der Waals surface area (Å²) in [6.07, 6.45) is 24.0. The molecule has 0 saturated heterocycles. The highest BCUT2D eigenvalue weighted by Gasteiger charge is 2.59. The lowest BCUT2D eigenvalue weighted by Gasteiger charge is -2.58. The molecule has 4 rings (SSSR count). The molecule has 6 heteroatoms. The number of hydrogen-bond acceptors (Lipinski definition) is 5. The second-order valence-electron chi connectivity index (χ2n) is 21.4. The van der Waals surface area contributed by atoms with Crippen LogP contribution in [0.3, 0.4) is 0 Å². The summed E-state index contributed by atoms with van der Waals surface area (Å²) in [5, 5.41) is 0. The van der Waals surface area contributed by atoms with Crippen molar-refractivity contribution in [2.75, 3.05) is 13.1 Å². The number of carbonyl (C=O) groups excluding carboxylic acids is 2. The molecule has 3 fully saturated rings. The van der Waals surface area contributed by atoms with Gasteiger partial charge in [-0.1, -0.05) is 91.7 Å². The monoisotopic (exact) mass is 754 g/mol. The second-order valence-corrected chi connectivity index (χ2v) is 21.4. The van der Waals surface area contributed by atoms with Gasteiger partial charge in [0.25, 0.3) is 0 Å². The van der Waals surface area contributed by atoms with E-state index in [2.05, 4.69) is 61.5 Å². The number of carbonyl (C=O) groups is 2. The number of nitrogens with zero attached hydrogens (tertiary/aromatic N) is 1. The Balaban J connectivity index is 1.26. The van der Waals surface area contributed by atoms with Crippen LogP contribution in [0.2, 0.25) is 0 Å². The number of ether oxygens (including phenoxy) is 1. The average Bonchev–Trinajstić information content (AvgIpc) is 3.44. The van der Waals surface area contributed by atoms with Gasteiger partial charge in [0.1, 0.15) is 6.10 Å². The van der Waals surface area contributed by atoms with Gasteiger partial charge in [-0.25, -0.2) is 0 Å². The number of unbranched alkanes of at least 4 members (excludes halogenated alkanes) is 4. The zero-order valence-electron chi connectivity index (χ0n) is 37.1. The maximum atomic E-state index is 13.4. The third kappa shape index (κ3) is 12.1. The summed E-state index contributed by atoms with van der Waals surface area (Å²) in [6, 6.07) is 0. The van der Waals surface area contributed by atoms with E-state index in [1.165, 1.54) is 57.8 Å². The van der Waals surface area contributed by atoms with E-state index in [9.17, 15) is 9.59 Å². The quantitative estimate of drug-likeness (QED) is 0.0691. The van der Waals surface area contributed by atoms with Crippen molar-refractivity contribution in [2.45, 2.75) is 215 Å². The fraction of sp³-hybridized carbons (Fsp3) is 0.917. The highest BCUT2D eigenvalue weighted by Crippen LogP contribution is 2.67. The molecule has 0 aromatic rings. The fourth-order valence-corrected chi connectivity index (χ4v) is 12.2. The topological polar surface area (TPSA) is 98.7 Å². The minimum atomic E-state index is -0.337. The number of allylic oxidation sites excluding steroid dienone is 1. The van der Waals surface area contributed by atoms with Crippen LogP contribution in [0.25, 0.3) is 0 Å². The van der Waals surface area contributed by atoms with E-state index in [-0.39, 0.29) is 47.3 Å². The van der Waals surface area contributed by atoms with Gasteiger partial charge >= 0.3 is 5.97 Å². The molecule has 0 aromatic carbocycles. The highest BCUT2D eigenvalue weighted by atomic mass is 16.5. The van der Waals surface area contributed by atoms with Crippen molar-refractivity contribution in [3.8, 4) is 0 Å². The van der Waals surface area contributed by atoms with Gasteiger partial charge in [-0.3, -0.25) is 9.59 Å². The molecule has 0 aromatic heterocycles. The average molecular weight is 754 g/mol. The van der Waals surface area contributed by atoms with Crippen LogP contribution in [0.4, 0.5) is 0 Å². The first-order valence-electron chi connectivity index (χ1n) is 23.0. The Morgan fingerprint density at radius 3 is 2.20 bits per heavy atom. The Bertz CT molecular complexity index is 1230. The second kappa shape index (κ2) is 19.4. The van der Waals surface area contributed by atoms with Gasteiger partial charge in [0.05, 0.1) is 6.42 Å². The smallest absolute Gasteiger partial charge is 0.306 e. The van der Waals surface area contributed by atoms with Crippen molar-refractivity contribution < 1.29 is 14.3 Å². The Labute approximate surface area is 333 Å². The summed E-state index contributed by atoms with van der Waals surface area (Å²) in [5.74, 6) is 5.60. The molecule has 54 heavy (non-hydrogen) atoms. The summed E-state index contributed by atoms with van der Waals surface area (Å²) < 4.78 is 6.13. The minimum absolute atomic E-state index is 0.0480. The minimum Gasteiger partial charge on any atom is -0.462 e. The number of fused-ring (bicyclic) bond motifs is 5. The van der Waals surface area contributed by atoms with Crippen LogP contribution < -0.4 is 11.5 Å². The lowest BCUT2D eigenvalue weighted by molar-refractivity contribution is -0.153. The first kappa shape index (κ1) is 45.3. The number of rotatable bonds is 21. The molecule has 0 radical (unpaired) electrons. The van der Waals surface area contributed by atoms with Crippen LogP contribution in [0, 0.1) is 52.3 Å². The first-order chi connectivity index (χ1) is 25.3. The molecule has 9 atom stereocenters. The van der Waals surface area contributed by atoms with E-state index < -0.39 is 0 Å². The van der Waals surface area contributed by atoms with Crippen molar-refractivity contribution in [3.05, 3.63) is 11.6 Å². The number of hydrogen-bond donors (Lipinski definition) is 2. The summed E-state index contributed by atoms with van der Waals surface area (Å²) in [5.41, 5.74) is 14.3. The Hall–Kier alpha value is -1.40. The Kier molecular flexibility index (Phi) is 16.2. The van der Waals surface area contributed by atoms with Crippen LogP contribution in [0.15, 0.2) is 11.6 Å². The summed E-state index contributed by atoms with van der Waals surface area (Å²) in [7, 11) is 0. The predicted octanol–water partition coefficient (Wildman–Crippen LogP) is 11.4. The normalized spacial score (nSPS) is 30.9. The first-order valence-corrected chi connectivity index (χ1v) is 23.0. The van der Waals surface area contributed by atoms with E-state index in [0.717, 1.165) is 106 Å². The zero-order chi connectivity index (χ0) is 39.9. The maximum Gasteiger partial charge on any atom is 0.306 e. The highest BCUT2D eigenvalue weighted by molar-refractivity contribution is 5.81. The molecule has 0 heterocycles. The molecule has 0 bridgehead atoms. The van der Waals surface area contributed by atoms with Crippen LogP contribution in [0.5, 0.6) is 0 Å². The summed E-state index contributed by atoms with van der Waals surface area (Å²) in [4.78, 5) is 28.5. The van der Waals surface area contributed by atoms with E-state index in [1.807, 2.05) is 18.7 Å². The van der Waals surface area contributed by atoms with E-state index >= 15 is 0 Å². The van der Waals surface area contributed by atoms with Crippen LogP contribution >= 0.6 is 0 Å². The lowest BCUT2D eigenvalue weighted by Crippen LogP contribution is -2.51. The van der Waals surface area contributed by atoms with Crippen LogP contribution in [-0.4, -0.2) is 47.0 Å². The maximum absolute atomic E-state index is 13.4. The van der Waals surface area contributed by atoms with Gasteiger partial charge in [0.2, 0.25) is 5.91 Å². The van der Waals surface area contributed by atoms with Crippen molar-refractivity contribution in [1.29, 1.82) is 0 Å². The Morgan fingerprint density at radius 2 is 1.54 bits per heavy atom. The van der Waals surface area contributed by atoms with Gasteiger partial charge in [-0.15, -0.1) is 0 Å². The van der Waals surface area contributed by atoms with Gasteiger partial charge in [-0.05, 0) is 151 Å². The summed E-state index contributed by atoms with van der Waals surface area (Å²) in [6.45, 7) is 24.6. The van der Waals surface area contributed by atoms with Crippen LogP contribution in [0.1, 0.15) is 198 Å². The fourth-order valence-electron chi connectivity index (χ4n) is 12.2. The third-order valence-corrected chi connectivity index (χ3v) is 15.7. The van der Waals surface area contributed by atoms with Crippen molar-refractivity contribution >= 4 is 11.9 Å². The molecule has 4 aliphatic carbocycles. The molecule has 312 valence electrons. The molecule has 0 spiro atoms. The van der Waals surface area contributed by atoms with E-state index in [4.69, 9.17) is 16.2 Å². The van der Waals surface area contributed by atoms with Crippen molar-refractivity contribution in [2.24, 2.45) is 63.7 Å². The molecular weight excluding hydrogens is 667 g/mol. The number of nitrogens with two attached hydrogens (primary N) is 2. The van der Waals surface area contributed by atoms with E-state index in [1.54, 1.807) is 5.57 Å². The van der Waals surface area contributed by atoms with Gasteiger partial charge < -0.3 is 21.1 Å². The molecular formula is C48H87N3O3. The molecule has 1 amide bonds. The number of amides is 1. The van der Waals surface area contributed by atoms with Crippen molar-refractivity contribution in [1.82, 2.24) is 4.90 Å². The summed E-state index contributed by atoms with van der Waals surface area (Å²) >= 11 is 0. The molecule has 3 saturated carbocycles. The molecule has 2 unspecified atom stereocenters. The molecule has 0 aliphatic heterocycles. The SMILES string of the molecule is CCC(CCC(C)[C@H]1CC[C@H]2[C@@H]3CC=C4C[C@@H](OC(=O)CCC(=O)N(CCCCCCCC(C)(C)N)CCC(C)(C)N)CC[C@]4(C)[C@H]3CC[C@]12C)C(C)C. The standard InChI is InChI=1S/C48H87N3O3/c1-11-36(34(2)3)18-17-35(4)40-21-22-41-39-20-19-37-33-38(25-28-47(37,9)42(39)26-29-48(40,41)10)54-44(53)24-23-43(52)51(32-30-46(7,8)50)31-16-14-12-13-15-27-45(5,6)49/h19,34-36,38-42H,11-18,20-33,49-50H2,1-10H3/t35?,36?,38-,39-,40+,41-,42-,47-,48+/m0/s1. The van der Waals surface area contributed by atoms with Crippen LogP contribution in [-0.2, 0) is 14.3 Å². The molecule has 6 nitrogen and oxygen atoms in total. The van der Waals surface area contributed by atoms with Gasteiger partial charge in [-0.2, -0.15) is 0 Å². The zero-order valence-corrected chi connectivity index (χ0v) is 37.1. The largest absolute Gasteiger partial charge is 0.462 e. The van der Waals surface area contributed by atoms with Gasteiger partial charge in [0.15, 0.2) is 0 Å². The lowest BCUT2D eigenvalue weighted by atomic mass is 9.47. The molecule has 4 N–H and O–H groups in total. The Morgan fingerprint density at radius 1 is 0.852 bits per heavy atom. The predicted molar refractivity (Wildman–Crippen MR) is 227 cm³/mol. The third-order valence-electron chi connectivity index (χ3n) is 15.7.